The van der Waals surface area contributed by atoms with Gasteiger partial charge in [0.25, 0.3) is 17.7 Å². The molecule has 45 heavy (non-hydrogen) atoms. The number of anilines is 1. The zero-order chi connectivity index (χ0) is 32.3. The molecule has 0 spiro atoms. The molecule has 0 fully saturated rings. The fourth-order valence-electron chi connectivity index (χ4n) is 5.41. The van der Waals surface area contributed by atoms with Crippen LogP contribution in [-0.2, 0) is 4.74 Å². The third kappa shape index (κ3) is 9.15. The Morgan fingerprint density at radius 3 is 2.33 bits per heavy atom. The standard InChI is InChI=1S/C36H45N3O6/c1-25-22-39(26(2)24-40)36(43)31-21-30(37-34(41)28-14-7-5-8-15-28)18-19-32(31)45-27(3)13-11-12-20-44-33(25)23-38(4)35(42)29-16-9-6-10-17-29/h5-10,14-19,21,25-27,33,40H,11-13,20,22-24H2,1-4H3,(H,37,41)/t25-,26+,27-,33+/m1/s1. The number of aliphatic hydroxyl groups excluding tert-OH is 1. The molecular weight excluding hydrogens is 570 g/mol. The Hall–Kier alpha value is -4.21. The average Bonchev–Trinajstić information content (AvgIpc) is 3.06. The van der Waals surface area contributed by atoms with E-state index in [-0.39, 0.29) is 49.0 Å². The van der Waals surface area contributed by atoms with Crippen LogP contribution in [-0.4, -0.2) is 84.2 Å². The fraction of sp³-hybridized carbons (Fsp3) is 0.417. The van der Waals surface area contributed by atoms with Crippen molar-refractivity contribution in [2.75, 3.05) is 38.7 Å². The minimum absolute atomic E-state index is 0.104. The van der Waals surface area contributed by atoms with Crippen molar-refractivity contribution in [2.45, 2.75) is 58.3 Å². The lowest BCUT2D eigenvalue weighted by atomic mass is 10.0. The van der Waals surface area contributed by atoms with E-state index in [1.165, 1.54) is 0 Å². The number of carbonyl (C=O) groups excluding carboxylic acids is 3. The van der Waals surface area contributed by atoms with Crippen LogP contribution in [0.25, 0.3) is 0 Å². The number of benzene rings is 3. The molecule has 0 bridgehead atoms. The lowest BCUT2D eigenvalue weighted by Crippen LogP contribution is -2.48. The first-order valence-corrected chi connectivity index (χ1v) is 15.7. The summed E-state index contributed by atoms with van der Waals surface area (Å²) < 4.78 is 12.7. The first-order valence-electron chi connectivity index (χ1n) is 15.7. The molecule has 3 aromatic carbocycles. The highest BCUT2D eigenvalue weighted by Crippen LogP contribution is 2.29. The predicted octanol–water partition coefficient (Wildman–Crippen LogP) is 5.51. The average molecular weight is 616 g/mol. The Labute approximate surface area is 266 Å². The summed E-state index contributed by atoms with van der Waals surface area (Å²) in [6.07, 6.45) is 1.92. The third-order valence-corrected chi connectivity index (χ3v) is 8.17. The number of carbonyl (C=O) groups is 3. The van der Waals surface area contributed by atoms with Gasteiger partial charge < -0.3 is 29.7 Å². The van der Waals surface area contributed by atoms with Crippen molar-refractivity contribution in [3.05, 3.63) is 95.6 Å². The molecule has 1 aliphatic rings. The topological polar surface area (TPSA) is 108 Å². The second-order valence-electron chi connectivity index (χ2n) is 11.9. The predicted molar refractivity (Wildman–Crippen MR) is 175 cm³/mol. The summed E-state index contributed by atoms with van der Waals surface area (Å²) in [6, 6.07) is 22.6. The van der Waals surface area contributed by atoms with Gasteiger partial charge in [0, 0.05) is 49.5 Å². The number of ether oxygens (including phenoxy) is 2. The minimum Gasteiger partial charge on any atom is -0.490 e. The molecule has 9 nitrogen and oxygen atoms in total. The number of likely N-dealkylation sites (N-methyl/N-ethyl adjacent to an activating group) is 1. The van der Waals surface area contributed by atoms with E-state index in [1.54, 1.807) is 78.4 Å². The van der Waals surface area contributed by atoms with Crippen molar-refractivity contribution >= 4 is 23.4 Å². The van der Waals surface area contributed by atoms with Crippen LogP contribution in [0.5, 0.6) is 5.75 Å². The molecule has 0 saturated heterocycles. The number of hydrogen-bond donors (Lipinski definition) is 2. The van der Waals surface area contributed by atoms with Gasteiger partial charge in [0.15, 0.2) is 0 Å². The molecule has 0 aliphatic carbocycles. The molecule has 4 rings (SSSR count). The van der Waals surface area contributed by atoms with Gasteiger partial charge in [0.1, 0.15) is 5.75 Å². The quantitative estimate of drug-likeness (QED) is 0.363. The Bertz CT molecular complexity index is 1420. The highest BCUT2D eigenvalue weighted by molar-refractivity contribution is 6.05. The van der Waals surface area contributed by atoms with Crippen LogP contribution in [0.15, 0.2) is 78.9 Å². The van der Waals surface area contributed by atoms with E-state index < -0.39 is 6.04 Å². The van der Waals surface area contributed by atoms with Gasteiger partial charge in [-0.1, -0.05) is 43.3 Å². The van der Waals surface area contributed by atoms with E-state index in [4.69, 9.17) is 9.47 Å². The minimum atomic E-state index is -0.509. The Balaban J connectivity index is 1.63. The van der Waals surface area contributed by atoms with Gasteiger partial charge in [-0.05, 0) is 75.6 Å². The molecule has 3 amide bonds. The van der Waals surface area contributed by atoms with Crippen LogP contribution in [0, 0.1) is 5.92 Å². The summed E-state index contributed by atoms with van der Waals surface area (Å²) >= 11 is 0. The van der Waals surface area contributed by atoms with Gasteiger partial charge >= 0.3 is 0 Å². The van der Waals surface area contributed by atoms with Crippen LogP contribution in [0.2, 0.25) is 0 Å². The molecular formula is C36H45N3O6. The monoisotopic (exact) mass is 615 g/mol. The first kappa shape index (κ1) is 33.7. The zero-order valence-corrected chi connectivity index (χ0v) is 26.6. The largest absolute Gasteiger partial charge is 0.490 e. The normalized spacial score (nSPS) is 20.2. The van der Waals surface area contributed by atoms with Crippen molar-refractivity contribution in [1.82, 2.24) is 9.80 Å². The van der Waals surface area contributed by atoms with Crippen molar-refractivity contribution in [3.8, 4) is 5.75 Å². The number of hydrogen-bond acceptors (Lipinski definition) is 6. The van der Waals surface area contributed by atoms with Crippen molar-refractivity contribution in [3.63, 3.8) is 0 Å². The van der Waals surface area contributed by atoms with E-state index in [9.17, 15) is 19.5 Å². The SMILES string of the molecule is C[C@@H]1CCCCO[C@@H](CN(C)C(=O)c2ccccc2)[C@H](C)CN([C@@H](C)CO)C(=O)c2cc(NC(=O)c3ccccc3)ccc2O1. The number of nitrogens with zero attached hydrogens (tertiary/aromatic N) is 2. The van der Waals surface area contributed by atoms with Crippen LogP contribution in [0.3, 0.4) is 0 Å². The second-order valence-corrected chi connectivity index (χ2v) is 11.9. The lowest BCUT2D eigenvalue weighted by Gasteiger charge is -2.36. The zero-order valence-electron chi connectivity index (χ0n) is 26.6. The molecule has 0 unspecified atom stereocenters. The van der Waals surface area contributed by atoms with Crippen molar-refractivity contribution < 1.29 is 29.0 Å². The van der Waals surface area contributed by atoms with Crippen LogP contribution >= 0.6 is 0 Å². The molecule has 3 aromatic rings. The first-order chi connectivity index (χ1) is 21.7. The number of nitrogens with one attached hydrogen (secondary N) is 1. The molecule has 9 heteroatoms. The van der Waals surface area contributed by atoms with E-state index in [2.05, 4.69) is 5.32 Å². The number of amides is 3. The maximum absolute atomic E-state index is 14.3. The van der Waals surface area contributed by atoms with E-state index in [0.717, 1.165) is 19.3 Å². The third-order valence-electron chi connectivity index (χ3n) is 8.17. The van der Waals surface area contributed by atoms with Gasteiger partial charge in [-0.3, -0.25) is 14.4 Å². The molecule has 240 valence electrons. The molecule has 1 heterocycles. The highest BCUT2D eigenvalue weighted by Gasteiger charge is 2.31. The maximum Gasteiger partial charge on any atom is 0.258 e. The number of rotatable bonds is 7. The highest BCUT2D eigenvalue weighted by atomic mass is 16.5. The summed E-state index contributed by atoms with van der Waals surface area (Å²) in [7, 11) is 1.76. The maximum atomic E-state index is 14.3. The van der Waals surface area contributed by atoms with Gasteiger partial charge in [-0.2, -0.15) is 0 Å². The van der Waals surface area contributed by atoms with Crippen LogP contribution < -0.4 is 10.1 Å². The molecule has 0 radical (unpaired) electrons. The number of aliphatic hydroxyl groups is 1. The number of fused-ring (bicyclic) bond motifs is 1. The van der Waals surface area contributed by atoms with Gasteiger partial charge in [-0.15, -0.1) is 0 Å². The van der Waals surface area contributed by atoms with E-state index in [1.807, 2.05) is 38.1 Å². The van der Waals surface area contributed by atoms with Crippen LogP contribution in [0.4, 0.5) is 5.69 Å². The Morgan fingerprint density at radius 1 is 1.00 bits per heavy atom. The summed E-state index contributed by atoms with van der Waals surface area (Å²) in [4.78, 5) is 43.7. The molecule has 2 N–H and O–H groups in total. The lowest BCUT2D eigenvalue weighted by molar-refractivity contribution is -0.0149. The molecule has 0 aromatic heterocycles. The molecule has 0 saturated carbocycles. The summed E-state index contributed by atoms with van der Waals surface area (Å²) in [5.74, 6) is -0.479. The van der Waals surface area contributed by atoms with Gasteiger partial charge in [0.05, 0.1) is 30.4 Å². The van der Waals surface area contributed by atoms with Gasteiger partial charge in [-0.25, -0.2) is 0 Å². The summed E-state index contributed by atoms with van der Waals surface area (Å²) in [6.45, 7) is 6.64. The Kier molecular flexibility index (Phi) is 12.1. The summed E-state index contributed by atoms with van der Waals surface area (Å²) in [5.41, 5.74) is 1.85. The van der Waals surface area contributed by atoms with E-state index >= 15 is 0 Å². The smallest absolute Gasteiger partial charge is 0.258 e. The summed E-state index contributed by atoms with van der Waals surface area (Å²) in [5, 5.41) is 13.1. The van der Waals surface area contributed by atoms with Crippen molar-refractivity contribution in [2.24, 2.45) is 5.92 Å². The second kappa shape index (κ2) is 16.2. The Morgan fingerprint density at radius 2 is 1.67 bits per heavy atom. The molecule has 4 atom stereocenters. The fourth-order valence-corrected chi connectivity index (χ4v) is 5.41. The molecule has 1 aliphatic heterocycles. The van der Waals surface area contributed by atoms with Gasteiger partial charge in [0.2, 0.25) is 0 Å². The van der Waals surface area contributed by atoms with Crippen molar-refractivity contribution in [1.29, 1.82) is 0 Å². The van der Waals surface area contributed by atoms with Crippen LogP contribution in [0.1, 0.15) is 71.1 Å². The van der Waals surface area contributed by atoms with E-state index in [0.29, 0.717) is 41.3 Å².